The zero-order valence-corrected chi connectivity index (χ0v) is 24.3. The van der Waals surface area contributed by atoms with Gasteiger partial charge < -0.3 is 19.8 Å². The average molecular weight is 552 g/mol. The Labute approximate surface area is 236 Å². The Morgan fingerprint density at radius 2 is 1.72 bits per heavy atom. The van der Waals surface area contributed by atoms with Crippen molar-refractivity contribution < 1.29 is 19.5 Å². The summed E-state index contributed by atoms with van der Waals surface area (Å²) in [6.07, 6.45) is 10.6. The van der Waals surface area contributed by atoms with Gasteiger partial charge in [-0.05, 0) is 37.8 Å². The van der Waals surface area contributed by atoms with Crippen LogP contribution in [0.5, 0.6) is 0 Å². The normalized spacial score (nSPS) is 32.8. The lowest BCUT2D eigenvalue weighted by Crippen LogP contribution is -2.57. The van der Waals surface area contributed by atoms with Gasteiger partial charge in [0.25, 0.3) is 0 Å². The number of aliphatic hydroxyl groups is 1. The molecular weight excluding hydrogens is 510 g/mol. The van der Waals surface area contributed by atoms with Crippen LogP contribution in [0.15, 0.2) is 54.6 Å². The predicted octanol–water partition coefficient (Wildman–Crippen LogP) is 3.88. The molecule has 4 aliphatic rings. The van der Waals surface area contributed by atoms with Crippen LogP contribution in [0.4, 0.5) is 5.69 Å². The Hall–Kier alpha value is -2.58. The van der Waals surface area contributed by atoms with Crippen LogP contribution in [0.3, 0.4) is 0 Å². The molecule has 2 saturated heterocycles. The highest BCUT2D eigenvalue weighted by molar-refractivity contribution is 8.02. The maximum absolute atomic E-state index is 14.6. The van der Waals surface area contributed by atoms with Crippen LogP contribution in [0.1, 0.15) is 47.0 Å². The van der Waals surface area contributed by atoms with E-state index in [4.69, 9.17) is 0 Å². The molecule has 1 aromatic rings. The number of thioether (sulfide) groups is 1. The number of carbonyl (C=O) groups is 3. The van der Waals surface area contributed by atoms with Crippen LogP contribution in [0, 0.1) is 17.8 Å². The summed E-state index contributed by atoms with van der Waals surface area (Å²) in [7, 11) is 0. The largest absolute Gasteiger partial charge is 0.394 e. The van der Waals surface area contributed by atoms with E-state index < -0.39 is 33.4 Å². The lowest BCUT2D eigenvalue weighted by Gasteiger charge is -2.40. The molecule has 7 nitrogen and oxygen atoms in total. The molecule has 8 heteroatoms. The van der Waals surface area contributed by atoms with Crippen molar-refractivity contribution in [2.45, 2.75) is 68.5 Å². The van der Waals surface area contributed by atoms with E-state index in [9.17, 15) is 19.5 Å². The predicted molar refractivity (Wildman–Crippen MR) is 155 cm³/mol. The summed E-state index contributed by atoms with van der Waals surface area (Å²) in [6, 6.07) is 8.34. The fourth-order valence-corrected chi connectivity index (χ4v) is 9.26. The van der Waals surface area contributed by atoms with Crippen molar-refractivity contribution in [1.82, 2.24) is 9.80 Å². The third kappa shape index (κ3) is 4.53. The molecular formula is C31H41N3O4S. The summed E-state index contributed by atoms with van der Waals surface area (Å²) >= 11 is 1.60. The van der Waals surface area contributed by atoms with Gasteiger partial charge in [-0.2, -0.15) is 0 Å². The lowest BCUT2D eigenvalue weighted by molar-refractivity contribution is -0.146. The molecule has 1 N–H and O–H groups in total. The fraction of sp³-hybridized carbons (Fsp3) is 0.581. The number of hydrogen-bond acceptors (Lipinski definition) is 5. The first kappa shape index (κ1) is 28.0. The number of unbranched alkanes of at least 4 members (excludes halogenated alkanes) is 1. The minimum absolute atomic E-state index is 0.0737. The van der Waals surface area contributed by atoms with Gasteiger partial charge in [-0.1, -0.05) is 69.7 Å². The monoisotopic (exact) mass is 551 g/mol. The topological polar surface area (TPSA) is 81.2 Å². The smallest absolute Gasteiger partial charge is 0.247 e. The molecule has 0 bridgehead atoms. The Morgan fingerprint density at radius 3 is 2.38 bits per heavy atom. The summed E-state index contributed by atoms with van der Waals surface area (Å²) in [5.41, 5.74) is 0.799. The van der Waals surface area contributed by atoms with Gasteiger partial charge in [0, 0.05) is 30.1 Å². The summed E-state index contributed by atoms with van der Waals surface area (Å²) in [6.45, 7) is 9.59. The van der Waals surface area contributed by atoms with E-state index in [1.54, 1.807) is 21.6 Å². The Balaban J connectivity index is 1.64. The molecule has 2 fully saturated rings. The molecule has 1 unspecified atom stereocenters. The van der Waals surface area contributed by atoms with E-state index in [0.29, 0.717) is 26.1 Å². The maximum Gasteiger partial charge on any atom is 0.247 e. The van der Waals surface area contributed by atoms with Crippen molar-refractivity contribution in [2.24, 2.45) is 17.8 Å². The van der Waals surface area contributed by atoms with E-state index in [1.165, 1.54) is 0 Å². The first-order chi connectivity index (χ1) is 18.7. The minimum Gasteiger partial charge on any atom is -0.394 e. The summed E-state index contributed by atoms with van der Waals surface area (Å²) in [5, 5.41) is 10.5. The maximum atomic E-state index is 14.6. The van der Waals surface area contributed by atoms with Gasteiger partial charge in [0.1, 0.15) is 6.04 Å². The molecule has 4 heterocycles. The molecule has 1 spiro atoms. The van der Waals surface area contributed by atoms with Gasteiger partial charge in [0.15, 0.2) is 0 Å². The Bertz CT molecular complexity index is 1170. The number of aliphatic hydroxyl groups excluding tert-OH is 1. The van der Waals surface area contributed by atoms with Crippen LogP contribution in [-0.2, 0) is 14.4 Å². The molecule has 210 valence electrons. The minimum atomic E-state index is -0.890. The highest BCUT2D eigenvalue weighted by Gasteiger charge is 2.74. The molecule has 1 aromatic carbocycles. The lowest BCUT2D eigenvalue weighted by atomic mass is 9.74. The molecule has 5 rings (SSSR count). The van der Waals surface area contributed by atoms with Gasteiger partial charge in [-0.25, -0.2) is 0 Å². The van der Waals surface area contributed by atoms with Gasteiger partial charge in [-0.3, -0.25) is 14.4 Å². The van der Waals surface area contributed by atoms with Gasteiger partial charge >= 0.3 is 0 Å². The van der Waals surface area contributed by atoms with Crippen LogP contribution in [-0.4, -0.2) is 80.4 Å². The van der Waals surface area contributed by atoms with Crippen molar-refractivity contribution in [3.8, 4) is 0 Å². The first-order valence-electron chi connectivity index (χ1n) is 14.3. The second kappa shape index (κ2) is 10.8. The molecule has 39 heavy (non-hydrogen) atoms. The second-order valence-corrected chi connectivity index (χ2v) is 13.7. The Kier molecular flexibility index (Phi) is 7.72. The van der Waals surface area contributed by atoms with Crippen LogP contribution >= 0.6 is 11.8 Å². The summed E-state index contributed by atoms with van der Waals surface area (Å²) in [4.78, 5) is 48.7. The van der Waals surface area contributed by atoms with E-state index in [-0.39, 0.29) is 30.2 Å². The van der Waals surface area contributed by atoms with Gasteiger partial charge in [-0.15, -0.1) is 11.8 Å². The van der Waals surface area contributed by atoms with Crippen molar-refractivity contribution >= 4 is 35.2 Å². The SMILES string of the molecule is CCCCN1CC=C[C@]23S[C@]4(C)C=CCN(c5ccccc5)C(=O)[C@@H]4[C@H]2C(=O)N([C@@H](CO)CC(C)C)C3C1=O. The first-order valence-corrected chi connectivity index (χ1v) is 15.1. The zero-order chi connectivity index (χ0) is 27.9. The molecule has 0 radical (unpaired) electrons. The number of fused-ring (bicyclic) bond motifs is 2. The molecule has 4 aliphatic heterocycles. The van der Waals surface area contributed by atoms with Gasteiger partial charge in [0.05, 0.1) is 29.2 Å². The summed E-state index contributed by atoms with van der Waals surface area (Å²) < 4.78 is -1.54. The zero-order valence-electron chi connectivity index (χ0n) is 23.5. The third-order valence-electron chi connectivity index (χ3n) is 8.78. The number of anilines is 1. The van der Waals surface area contributed by atoms with E-state index in [1.807, 2.05) is 54.3 Å². The molecule has 6 atom stereocenters. The fourth-order valence-electron chi connectivity index (χ4n) is 7.11. The molecule has 3 amide bonds. The molecule has 0 aliphatic carbocycles. The van der Waals surface area contributed by atoms with Gasteiger partial charge in [0.2, 0.25) is 17.7 Å². The van der Waals surface area contributed by atoms with Crippen molar-refractivity contribution in [3.05, 3.63) is 54.6 Å². The Morgan fingerprint density at radius 1 is 1.00 bits per heavy atom. The number of benzene rings is 1. The molecule has 0 saturated carbocycles. The highest BCUT2D eigenvalue weighted by atomic mass is 32.2. The number of rotatable bonds is 8. The number of likely N-dealkylation sites (tertiary alicyclic amines) is 1. The van der Waals surface area contributed by atoms with Crippen LogP contribution < -0.4 is 4.90 Å². The van der Waals surface area contributed by atoms with E-state index in [2.05, 4.69) is 32.9 Å². The standard InChI is InChI=1S/C31H41N3O4S/c1-5-6-16-32-17-11-15-31-25(28(37)34(26(31)29(32)38)23(20-35)19-21(2)3)24-27(36)33(22-12-8-7-9-13-22)18-10-14-30(24,4)39-31/h7-15,21,23-26,35H,5-6,16-20H2,1-4H3/t23-,24+,25+,26?,30-,31+/m1/s1. The number of amides is 3. The quantitative estimate of drug-likeness (QED) is 0.496. The van der Waals surface area contributed by atoms with Crippen molar-refractivity contribution in [3.63, 3.8) is 0 Å². The molecule has 0 aromatic heterocycles. The van der Waals surface area contributed by atoms with Crippen molar-refractivity contribution in [1.29, 1.82) is 0 Å². The number of hydrogen-bond donors (Lipinski definition) is 1. The summed E-state index contributed by atoms with van der Waals surface area (Å²) in [5.74, 6) is -1.46. The number of para-hydroxylation sites is 1. The van der Waals surface area contributed by atoms with Crippen LogP contribution in [0.25, 0.3) is 0 Å². The number of nitrogens with zero attached hydrogens (tertiary/aromatic N) is 3. The average Bonchev–Trinajstić information content (AvgIpc) is 3.19. The van der Waals surface area contributed by atoms with Crippen molar-refractivity contribution in [2.75, 3.05) is 31.1 Å². The number of carbonyl (C=O) groups excluding carboxylic acids is 3. The third-order valence-corrected chi connectivity index (χ3v) is 10.6. The highest BCUT2D eigenvalue weighted by Crippen LogP contribution is 2.66. The van der Waals surface area contributed by atoms with E-state index >= 15 is 0 Å². The second-order valence-electron chi connectivity index (χ2n) is 11.9. The van der Waals surface area contributed by atoms with Crippen LogP contribution in [0.2, 0.25) is 0 Å². The van der Waals surface area contributed by atoms with E-state index in [0.717, 1.165) is 18.5 Å².